The van der Waals surface area contributed by atoms with Gasteiger partial charge in [-0.1, -0.05) is 0 Å². The lowest BCUT2D eigenvalue weighted by molar-refractivity contribution is -0.133. The molecule has 1 heterocycles. The van der Waals surface area contributed by atoms with Crippen molar-refractivity contribution in [1.29, 1.82) is 5.26 Å². The zero-order valence-electron chi connectivity index (χ0n) is 8.53. The van der Waals surface area contributed by atoms with E-state index in [4.69, 9.17) is 5.26 Å². The van der Waals surface area contributed by atoms with Crippen LogP contribution in [0.2, 0.25) is 0 Å². The maximum atomic E-state index is 11.7. The van der Waals surface area contributed by atoms with Gasteiger partial charge in [0.05, 0.1) is 6.07 Å². The van der Waals surface area contributed by atoms with Crippen molar-refractivity contribution < 1.29 is 4.79 Å². The van der Waals surface area contributed by atoms with Crippen LogP contribution in [0.25, 0.3) is 0 Å². The van der Waals surface area contributed by atoms with Gasteiger partial charge in [0.25, 0.3) is 0 Å². The van der Waals surface area contributed by atoms with Crippen LogP contribution in [0.5, 0.6) is 0 Å². The van der Waals surface area contributed by atoms with E-state index in [0.29, 0.717) is 6.42 Å². The largest absolute Gasteiger partial charge is 0.327 e. The van der Waals surface area contributed by atoms with Crippen LogP contribution < -0.4 is 0 Å². The van der Waals surface area contributed by atoms with Crippen LogP contribution in [0.15, 0.2) is 0 Å². The Morgan fingerprint density at radius 2 is 2.43 bits per heavy atom. The number of hydrogen-bond acceptors (Lipinski definition) is 3. The van der Waals surface area contributed by atoms with Crippen molar-refractivity contribution in [3.63, 3.8) is 0 Å². The van der Waals surface area contributed by atoms with Gasteiger partial charge in [-0.25, -0.2) is 0 Å². The zero-order valence-corrected chi connectivity index (χ0v) is 9.35. The molecule has 0 N–H and O–H groups in total. The fraction of sp³-hybridized carbons (Fsp3) is 0.800. The third-order valence-electron chi connectivity index (χ3n) is 2.49. The van der Waals surface area contributed by atoms with Gasteiger partial charge in [0.15, 0.2) is 0 Å². The summed E-state index contributed by atoms with van der Waals surface area (Å²) >= 11 is 1.67. The van der Waals surface area contributed by atoms with Gasteiger partial charge in [0, 0.05) is 18.7 Å². The molecule has 0 aromatic heterocycles. The number of nitriles is 1. The molecular weight excluding hydrogens is 196 g/mol. The Morgan fingerprint density at radius 3 is 3.07 bits per heavy atom. The number of piperidine rings is 1. The van der Waals surface area contributed by atoms with E-state index in [1.165, 1.54) is 0 Å². The molecule has 1 amide bonds. The number of carbonyl (C=O) groups excluding carboxylic acids is 1. The molecule has 0 aromatic rings. The van der Waals surface area contributed by atoms with Crippen molar-refractivity contribution in [1.82, 2.24) is 4.90 Å². The summed E-state index contributed by atoms with van der Waals surface area (Å²) < 4.78 is 0. The first kappa shape index (κ1) is 11.4. The van der Waals surface area contributed by atoms with Crippen LogP contribution in [0.1, 0.15) is 25.7 Å². The smallest absolute Gasteiger partial charge is 0.224 e. The standard InChI is InChI=1S/C10H16N2OS/c1-14-7-5-10(13)12-6-3-2-4-9(12)8-11/h9H,2-7H2,1H3. The molecule has 1 atom stereocenters. The van der Waals surface area contributed by atoms with E-state index >= 15 is 0 Å². The Kier molecular flexibility index (Phi) is 4.81. The first-order valence-corrected chi connectivity index (χ1v) is 6.37. The first-order valence-electron chi connectivity index (χ1n) is 4.97. The number of hydrogen-bond donors (Lipinski definition) is 0. The summed E-state index contributed by atoms with van der Waals surface area (Å²) in [5.41, 5.74) is 0. The van der Waals surface area contributed by atoms with Gasteiger partial charge in [-0.2, -0.15) is 17.0 Å². The van der Waals surface area contributed by atoms with Gasteiger partial charge in [0.2, 0.25) is 5.91 Å². The van der Waals surface area contributed by atoms with Gasteiger partial charge in [-0.3, -0.25) is 4.79 Å². The minimum Gasteiger partial charge on any atom is -0.327 e. The predicted molar refractivity (Wildman–Crippen MR) is 58.0 cm³/mol. The molecule has 0 radical (unpaired) electrons. The van der Waals surface area contributed by atoms with Gasteiger partial charge in [-0.15, -0.1) is 0 Å². The minimum atomic E-state index is -0.168. The molecule has 1 rings (SSSR count). The maximum absolute atomic E-state index is 11.7. The predicted octanol–water partition coefficient (Wildman–Crippen LogP) is 1.64. The maximum Gasteiger partial charge on any atom is 0.224 e. The second-order valence-electron chi connectivity index (χ2n) is 3.47. The fourth-order valence-electron chi connectivity index (χ4n) is 1.70. The highest BCUT2D eigenvalue weighted by Crippen LogP contribution is 2.17. The summed E-state index contributed by atoms with van der Waals surface area (Å²) in [5, 5.41) is 8.89. The molecule has 1 aliphatic rings. The fourth-order valence-corrected chi connectivity index (χ4v) is 2.08. The molecule has 4 heteroatoms. The highest BCUT2D eigenvalue weighted by atomic mass is 32.2. The summed E-state index contributed by atoms with van der Waals surface area (Å²) in [6.07, 6.45) is 5.53. The van der Waals surface area contributed by atoms with Gasteiger partial charge >= 0.3 is 0 Å². The number of nitrogens with zero attached hydrogens (tertiary/aromatic N) is 2. The van der Waals surface area contributed by atoms with Crippen LogP contribution in [0.4, 0.5) is 0 Å². The quantitative estimate of drug-likeness (QED) is 0.714. The molecule has 0 saturated carbocycles. The number of rotatable bonds is 3. The van der Waals surface area contributed by atoms with Crippen molar-refractivity contribution >= 4 is 17.7 Å². The monoisotopic (exact) mass is 212 g/mol. The molecule has 0 aromatic carbocycles. The van der Waals surface area contributed by atoms with Crippen molar-refractivity contribution in [2.45, 2.75) is 31.7 Å². The van der Waals surface area contributed by atoms with E-state index in [-0.39, 0.29) is 11.9 Å². The van der Waals surface area contributed by atoms with Gasteiger partial charge in [0.1, 0.15) is 6.04 Å². The Bertz CT molecular complexity index is 237. The SMILES string of the molecule is CSCCC(=O)N1CCCCC1C#N. The molecule has 14 heavy (non-hydrogen) atoms. The van der Waals surface area contributed by atoms with E-state index in [0.717, 1.165) is 31.6 Å². The van der Waals surface area contributed by atoms with E-state index in [1.54, 1.807) is 16.7 Å². The average molecular weight is 212 g/mol. The van der Waals surface area contributed by atoms with E-state index in [9.17, 15) is 4.79 Å². The Hall–Kier alpha value is -0.690. The topological polar surface area (TPSA) is 44.1 Å². The molecule has 0 spiro atoms. The van der Waals surface area contributed by atoms with Crippen molar-refractivity contribution in [3.05, 3.63) is 0 Å². The molecule has 1 aliphatic heterocycles. The van der Waals surface area contributed by atoms with Crippen LogP contribution in [-0.2, 0) is 4.79 Å². The normalized spacial score (nSPS) is 21.7. The van der Waals surface area contributed by atoms with Crippen molar-refractivity contribution in [2.75, 3.05) is 18.6 Å². The van der Waals surface area contributed by atoms with Crippen molar-refractivity contribution in [3.8, 4) is 6.07 Å². The van der Waals surface area contributed by atoms with E-state index < -0.39 is 0 Å². The summed E-state index contributed by atoms with van der Waals surface area (Å²) in [4.78, 5) is 13.4. The van der Waals surface area contributed by atoms with Crippen LogP contribution >= 0.6 is 11.8 Å². The van der Waals surface area contributed by atoms with E-state index in [1.807, 2.05) is 6.26 Å². The molecule has 1 fully saturated rings. The zero-order chi connectivity index (χ0) is 10.4. The highest BCUT2D eigenvalue weighted by Gasteiger charge is 2.25. The average Bonchev–Trinajstić information content (AvgIpc) is 2.25. The number of likely N-dealkylation sites (tertiary alicyclic amines) is 1. The molecule has 1 saturated heterocycles. The number of thioether (sulfide) groups is 1. The highest BCUT2D eigenvalue weighted by molar-refractivity contribution is 7.98. The Labute approximate surface area is 89.5 Å². The molecule has 0 aliphatic carbocycles. The summed E-state index contributed by atoms with van der Waals surface area (Å²) in [7, 11) is 0. The molecule has 1 unspecified atom stereocenters. The molecular formula is C10H16N2OS. The first-order chi connectivity index (χ1) is 6.79. The third kappa shape index (κ3) is 2.91. The molecule has 3 nitrogen and oxygen atoms in total. The lowest BCUT2D eigenvalue weighted by Crippen LogP contribution is -2.43. The van der Waals surface area contributed by atoms with Crippen LogP contribution in [-0.4, -0.2) is 35.4 Å². The Balaban J connectivity index is 2.47. The number of carbonyl (C=O) groups is 1. The Morgan fingerprint density at radius 1 is 1.64 bits per heavy atom. The summed E-state index contributed by atoms with van der Waals surface area (Å²) in [6.45, 7) is 0.769. The third-order valence-corrected chi connectivity index (χ3v) is 3.10. The molecule has 0 bridgehead atoms. The lowest BCUT2D eigenvalue weighted by Gasteiger charge is -2.31. The second-order valence-corrected chi connectivity index (χ2v) is 4.46. The number of amides is 1. The van der Waals surface area contributed by atoms with Crippen molar-refractivity contribution in [2.24, 2.45) is 0 Å². The molecule has 78 valence electrons. The van der Waals surface area contributed by atoms with Gasteiger partial charge in [-0.05, 0) is 25.5 Å². The lowest BCUT2D eigenvalue weighted by atomic mass is 10.0. The van der Waals surface area contributed by atoms with Crippen LogP contribution in [0.3, 0.4) is 0 Å². The second kappa shape index (κ2) is 5.92. The summed E-state index contributed by atoms with van der Waals surface area (Å²) in [6, 6.07) is 2.04. The van der Waals surface area contributed by atoms with Crippen LogP contribution in [0, 0.1) is 11.3 Å². The van der Waals surface area contributed by atoms with E-state index in [2.05, 4.69) is 6.07 Å². The summed E-state index contributed by atoms with van der Waals surface area (Å²) in [5.74, 6) is 0.999. The minimum absolute atomic E-state index is 0.144. The van der Waals surface area contributed by atoms with Gasteiger partial charge < -0.3 is 4.90 Å².